The Balaban J connectivity index is 1.43. The van der Waals surface area contributed by atoms with E-state index < -0.39 is 36.1 Å². The van der Waals surface area contributed by atoms with Crippen molar-refractivity contribution in [1.82, 2.24) is 39.9 Å². The highest BCUT2D eigenvalue weighted by Crippen LogP contribution is 2.26. The van der Waals surface area contributed by atoms with E-state index in [-0.39, 0.29) is 34.2 Å². The highest BCUT2D eigenvalue weighted by molar-refractivity contribution is 6.03. The van der Waals surface area contributed by atoms with Crippen LogP contribution in [-0.2, 0) is 18.0 Å². The zero-order valence-electron chi connectivity index (χ0n) is 19.4. The van der Waals surface area contributed by atoms with E-state index in [1.807, 2.05) is 0 Å². The summed E-state index contributed by atoms with van der Waals surface area (Å²) < 4.78 is 58.0. The minimum absolute atomic E-state index is 0.0382. The Labute approximate surface area is 210 Å². The molecule has 196 valence electrons. The van der Waals surface area contributed by atoms with Crippen LogP contribution in [0.25, 0.3) is 11.4 Å². The Hall–Kier alpha value is -5.09. The summed E-state index contributed by atoms with van der Waals surface area (Å²) in [5.74, 6) is -2.92. The van der Waals surface area contributed by atoms with Gasteiger partial charge >= 0.3 is 12.3 Å². The van der Waals surface area contributed by atoms with E-state index in [2.05, 4.69) is 45.9 Å². The van der Waals surface area contributed by atoms with Gasteiger partial charge in [0, 0.05) is 31.2 Å². The van der Waals surface area contributed by atoms with Gasteiger partial charge in [0.15, 0.2) is 17.3 Å². The number of carbonyl (C=O) groups excluding carboxylic acids is 2. The van der Waals surface area contributed by atoms with E-state index in [1.54, 1.807) is 0 Å². The van der Waals surface area contributed by atoms with Crippen molar-refractivity contribution in [3.8, 4) is 11.4 Å². The molecule has 4 aromatic heterocycles. The molecule has 38 heavy (non-hydrogen) atoms. The summed E-state index contributed by atoms with van der Waals surface area (Å²) in [4.78, 5) is 42.6. The van der Waals surface area contributed by atoms with Gasteiger partial charge in [-0.3, -0.25) is 10.1 Å². The van der Waals surface area contributed by atoms with Crippen molar-refractivity contribution in [3.05, 3.63) is 66.0 Å². The monoisotopic (exact) mass is 532 g/mol. The first kappa shape index (κ1) is 26.0. The zero-order valence-corrected chi connectivity index (χ0v) is 19.4. The molecule has 4 rings (SSSR count). The number of aromatic nitrogens is 8. The van der Waals surface area contributed by atoms with Crippen molar-refractivity contribution in [2.24, 2.45) is 7.05 Å². The van der Waals surface area contributed by atoms with Crippen molar-refractivity contribution >= 4 is 23.6 Å². The van der Waals surface area contributed by atoms with Gasteiger partial charge in [0.2, 0.25) is 11.8 Å². The highest BCUT2D eigenvalue weighted by atomic mass is 19.4. The summed E-state index contributed by atoms with van der Waals surface area (Å²) in [7, 11) is 1.49. The van der Waals surface area contributed by atoms with Gasteiger partial charge in [-0.1, -0.05) is 5.21 Å². The van der Waals surface area contributed by atoms with Crippen molar-refractivity contribution in [3.63, 3.8) is 0 Å². The molecule has 0 radical (unpaired) electrons. The molecule has 0 unspecified atom stereocenters. The summed E-state index contributed by atoms with van der Waals surface area (Å²) in [5, 5.41) is 12.6. The number of anilines is 2. The molecular formula is C21H16F4N10O3. The molecule has 0 aliphatic heterocycles. The summed E-state index contributed by atoms with van der Waals surface area (Å²) in [6, 6.07) is 2.93. The SMILES string of the molecule is C[C@@H](OC(=O)Nc1c(-c2cnc(NC(=O)c3cnc(C(F)(F)F)nc3)cn2)nnn1C)c1cccnc1F. The average Bonchev–Trinajstić information content (AvgIpc) is 3.23. The number of alkyl halides is 3. The predicted octanol–water partition coefficient (Wildman–Crippen LogP) is 3.18. The molecule has 0 bridgehead atoms. The maximum Gasteiger partial charge on any atom is 0.451 e. The standard InChI is InChI=1S/C21H16F4N10O3/c1-10(12-4-3-5-26-16(12)22)38-20(37)32-17-15(33-34-35(17)2)13-8-28-14(9-27-13)31-18(36)11-6-29-19(30-7-11)21(23,24)25/h3-10H,1-2H3,(H,32,37)(H,28,31,36)/t10-/m1/s1. The first-order chi connectivity index (χ1) is 18.0. The van der Waals surface area contributed by atoms with Crippen molar-refractivity contribution in [2.75, 3.05) is 10.6 Å². The molecule has 17 heteroatoms. The van der Waals surface area contributed by atoms with Crippen molar-refractivity contribution in [2.45, 2.75) is 19.2 Å². The molecule has 4 aromatic rings. The Bertz CT molecular complexity index is 1460. The number of hydrogen-bond acceptors (Lipinski definition) is 10. The molecule has 4 heterocycles. The number of hydrogen-bond donors (Lipinski definition) is 2. The second-order valence-corrected chi connectivity index (χ2v) is 7.50. The zero-order chi connectivity index (χ0) is 27.4. The van der Waals surface area contributed by atoms with Crippen LogP contribution >= 0.6 is 0 Å². The number of halogens is 4. The van der Waals surface area contributed by atoms with Gasteiger partial charge in [-0.2, -0.15) is 17.6 Å². The largest absolute Gasteiger partial charge is 0.451 e. The second-order valence-electron chi connectivity index (χ2n) is 7.50. The number of amides is 2. The first-order valence-corrected chi connectivity index (χ1v) is 10.5. The second kappa shape index (κ2) is 10.5. The lowest BCUT2D eigenvalue weighted by Crippen LogP contribution is -2.19. The lowest BCUT2D eigenvalue weighted by atomic mass is 10.2. The Morgan fingerprint density at radius 2 is 1.76 bits per heavy atom. The Morgan fingerprint density at radius 3 is 2.39 bits per heavy atom. The van der Waals surface area contributed by atoms with E-state index in [9.17, 15) is 27.2 Å². The van der Waals surface area contributed by atoms with Crippen molar-refractivity contribution in [1.29, 1.82) is 0 Å². The quantitative estimate of drug-likeness (QED) is 0.279. The molecule has 1 atom stereocenters. The molecule has 0 aromatic carbocycles. The van der Waals surface area contributed by atoms with E-state index in [0.29, 0.717) is 0 Å². The van der Waals surface area contributed by atoms with Crippen LogP contribution in [0.5, 0.6) is 0 Å². The summed E-state index contributed by atoms with van der Waals surface area (Å²) in [6.45, 7) is 1.47. The number of aryl methyl sites for hydroxylation is 1. The fraction of sp³-hybridized carbons (Fsp3) is 0.190. The Kier molecular flexibility index (Phi) is 7.17. The molecule has 2 amide bonds. The van der Waals surface area contributed by atoms with Crippen molar-refractivity contribution < 1.29 is 31.9 Å². The van der Waals surface area contributed by atoms with Crippen LogP contribution < -0.4 is 10.6 Å². The van der Waals surface area contributed by atoms with Crippen LogP contribution in [0.1, 0.15) is 34.8 Å². The Morgan fingerprint density at radius 1 is 1.03 bits per heavy atom. The third-order valence-corrected chi connectivity index (χ3v) is 4.86. The molecule has 0 aliphatic carbocycles. The van der Waals surface area contributed by atoms with Gasteiger partial charge in [0.1, 0.15) is 11.8 Å². The topological polar surface area (TPSA) is 163 Å². The highest BCUT2D eigenvalue weighted by Gasteiger charge is 2.34. The summed E-state index contributed by atoms with van der Waals surface area (Å²) in [6.07, 6.45) is -1.53. The summed E-state index contributed by atoms with van der Waals surface area (Å²) >= 11 is 0. The van der Waals surface area contributed by atoms with Crippen LogP contribution in [0.15, 0.2) is 43.1 Å². The molecule has 0 saturated carbocycles. The van der Waals surface area contributed by atoms with Crippen LogP contribution in [0.2, 0.25) is 0 Å². The van der Waals surface area contributed by atoms with Crippen LogP contribution in [0.4, 0.5) is 34.0 Å². The van der Waals surface area contributed by atoms with Gasteiger partial charge in [-0.05, 0) is 19.1 Å². The van der Waals surface area contributed by atoms with E-state index in [4.69, 9.17) is 4.74 Å². The molecule has 13 nitrogen and oxygen atoms in total. The minimum atomic E-state index is -4.74. The fourth-order valence-electron chi connectivity index (χ4n) is 3.02. The van der Waals surface area contributed by atoms with Crippen LogP contribution in [0.3, 0.4) is 0 Å². The third kappa shape index (κ3) is 5.82. The molecule has 0 aliphatic rings. The van der Waals surface area contributed by atoms with Gasteiger partial charge in [0.25, 0.3) is 5.91 Å². The number of rotatable bonds is 6. The first-order valence-electron chi connectivity index (χ1n) is 10.5. The molecule has 0 saturated heterocycles. The lowest BCUT2D eigenvalue weighted by molar-refractivity contribution is -0.145. The molecule has 2 N–H and O–H groups in total. The molecular weight excluding hydrogens is 516 g/mol. The van der Waals surface area contributed by atoms with E-state index in [0.717, 1.165) is 18.6 Å². The van der Waals surface area contributed by atoms with E-state index >= 15 is 0 Å². The van der Waals surface area contributed by atoms with E-state index in [1.165, 1.54) is 43.2 Å². The fourth-order valence-corrected chi connectivity index (χ4v) is 3.02. The molecule has 0 spiro atoms. The average molecular weight is 532 g/mol. The van der Waals surface area contributed by atoms with Gasteiger partial charge in [-0.15, -0.1) is 5.10 Å². The number of nitrogens with one attached hydrogen (secondary N) is 2. The molecule has 0 fully saturated rings. The van der Waals surface area contributed by atoms with Crippen LogP contribution in [0, 0.1) is 5.95 Å². The maximum absolute atomic E-state index is 13.8. The minimum Gasteiger partial charge on any atom is -0.441 e. The third-order valence-electron chi connectivity index (χ3n) is 4.86. The van der Waals surface area contributed by atoms with Gasteiger partial charge in [0.05, 0.1) is 18.0 Å². The lowest BCUT2D eigenvalue weighted by Gasteiger charge is -2.14. The van der Waals surface area contributed by atoms with Crippen LogP contribution in [-0.4, -0.2) is 51.9 Å². The maximum atomic E-state index is 13.8. The summed E-state index contributed by atoms with van der Waals surface area (Å²) in [5.41, 5.74) is 0.0994. The normalized spacial score (nSPS) is 12.1. The van der Waals surface area contributed by atoms with Gasteiger partial charge in [-0.25, -0.2) is 34.4 Å². The van der Waals surface area contributed by atoms with Gasteiger partial charge < -0.3 is 10.1 Å². The number of ether oxygens (including phenoxy) is 1. The smallest absolute Gasteiger partial charge is 0.441 e. The predicted molar refractivity (Wildman–Crippen MR) is 120 cm³/mol. The number of nitrogens with zero attached hydrogens (tertiary/aromatic N) is 8. The number of pyridine rings is 1. The number of carbonyl (C=O) groups is 2.